The van der Waals surface area contributed by atoms with Gasteiger partial charge in [-0.2, -0.15) is 0 Å². The molecule has 0 saturated carbocycles. The topological polar surface area (TPSA) is 50.6 Å². The number of aromatic nitrogens is 2. The van der Waals surface area contributed by atoms with Gasteiger partial charge in [0.25, 0.3) is 0 Å². The first-order chi connectivity index (χ1) is 23.5. The van der Waals surface area contributed by atoms with E-state index in [9.17, 15) is 4.79 Å². The summed E-state index contributed by atoms with van der Waals surface area (Å²) in [6.45, 7) is 6.81. The van der Waals surface area contributed by atoms with Gasteiger partial charge < -0.3 is 19.1 Å². The van der Waals surface area contributed by atoms with E-state index in [4.69, 9.17) is 21.3 Å². The molecule has 246 valence electrons. The van der Waals surface area contributed by atoms with E-state index in [1.807, 2.05) is 25.3 Å². The monoisotopic (exact) mass is 658 g/mol. The summed E-state index contributed by atoms with van der Waals surface area (Å²) in [5.74, 6) is 0. The lowest BCUT2D eigenvalue weighted by atomic mass is 9.88. The molecular weight excluding hydrogens is 616 g/mol. The van der Waals surface area contributed by atoms with Crippen LogP contribution in [0.25, 0.3) is 16.5 Å². The predicted molar refractivity (Wildman–Crippen MR) is 194 cm³/mol. The number of halogens is 1. The van der Waals surface area contributed by atoms with Crippen molar-refractivity contribution >= 4 is 34.2 Å². The molecular formula is C41H43ClN4O2. The van der Waals surface area contributed by atoms with Crippen LogP contribution in [0.5, 0.6) is 0 Å². The summed E-state index contributed by atoms with van der Waals surface area (Å²) in [7, 11) is 2.21. The molecule has 3 aliphatic rings. The van der Waals surface area contributed by atoms with Crippen LogP contribution in [0.2, 0.25) is 5.02 Å². The van der Waals surface area contributed by atoms with Gasteiger partial charge in [-0.1, -0.05) is 77.8 Å². The number of carbonyl (C=O) groups is 1. The Kier molecular flexibility index (Phi) is 9.64. The van der Waals surface area contributed by atoms with Crippen molar-refractivity contribution in [2.24, 2.45) is 0 Å². The minimum absolute atomic E-state index is 0.215. The van der Waals surface area contributed by atoms with Crippen molar-refractivity contribution in [3.63, 3.8) is 0 Å². The van der Waals surface area contributed by atoms with Gasteiger partial charge in [-0.25, -0.2) is 4.79 Å². The molecule has 3 aromatic carbocycles. The normalized spacial score (nSPS) is 15.9. The zero-order chi connectivity index (χ0) is 33.0. The van der Waals surface area contributed by atoms with E-state index >= 15 is 0 Å². The van der Waals surface area contributed by atoms with Crippen LogP contribution < -0.4 is 0 Å². The number of ether oxygens (including phenoxy) is 1. The lowest BCUT2D eigenvalue weighted by Crippen LogP contribution is -2.37. The molecule has 0 N–H and O–H groups in total. The highest BCUT2D eigenvalue weighted by molar-refractivity contribution is 6.30. The lowest BCUT2D eigenvalue weighted by Gasteiger charge is -2.29. The fraction of sp³-hybridized carbons (Fsp3) is 0.317. The second-order valence-corrected chi connectivity index (χ2v) is 13.4. The first kappa shape index (κ1) is 32.2. The molecule has 6 nitrogen and oxygen atoms in total. The third-order valence-corrected chi connectivity index (χ3v) is 10.1. The zero-order valence-corrected chi connectivity index (χ0v) is 28.7. The number of rotatable bonds is 3. The number of benzene rings is 3. The highest BCUT2D eigenvalue weighted by Gasteiger charge is 2.27. The van der Waals surface area contributed by atoms with E-state index in [1.165, 1.54) is 55.6 Å². The number of hydrogen-bond donors (Lipinski definition) is 0. The lowest BCUT2D eigenvalue weighted by molar-refractivity contribution is 0.104. The second-order valence-electron chi connectivity index (χ2n) is 13.0. The summed E-state index contributed by atoms with van der Waals surface area (Å²) < 4.78 is 7.67. The number of likely N-dealkylation sites (tertiary alicyclic amines) is 1. The van der Waals surface area contributed by atoms with Crippen molar-refractivity contribution < 1.29 is 9.53 Å². The molecule has 0 bridgehead atoms. The Bertz CT molecular complexity index is 1950. The molecule has 0 radical (unpaired) electrons. The van der Waals surface area contributed by atoms with Crippen LogP contribution in [0.1, 0.15) is 59.0 Å². The van der Waals surface area contributed by atoms with Gasteiger partial charge in [0.2, 0.25) is 0 Å². The third kappa shape index (κ3) is 6.65. The minimum atomic E-state index is -0.215. The van der Waals surface area contributed by atoms with Crippen molar-refractivity contribution in [1.29, 1.82) is 0 Å². The highest BCUT2D eigenvalue weighted by atomic mass is 35.5. The van der Waals surface area contributed by atoms with Gasteiger partial charge in [0.05, 0.1) is 12.3 Å². The molecule has 48 heavy (non-hydrogen) atoms. The quantitative estimate of drug-likeness (QED) is 0.195. The molecule has 7 heteroatoms. The largest absolute Gasteiger partial charge is 0.450 e. The fourth-order valence-electron chi connectivity index (χ4n) is 7.54. The van der Waals surface area contributed by atoms with E-state index in [0.717, 1.165) is 62.5 Å². The first-order valence-corrected chi connectivity index (χ1v) is 17.6. The molecule has 1 fully saturated rings. The number of para-hydroxylation sites is 1. The summed E-state index contributed by atoms with van der Waals surface area (Å²) in [5.41, 5.74) is 13.3. The number of aryl methyl sites for hydroxylation is 2. The Morgan fingerprint density at radius 1 is 0.854 bits per heavy atom. The number of hydrogen-bond acceptors (Lipinski definition) is 4. The molecule has 1 aliphatic carbocycles. The summed E-state index contributed by atoms with van der Waals surface area (Å²) >= 11 is 6.27. The summed E-state index contributed by atoms with van der Waals surface area (Å²) in [4.78, 5) is 21.0. The van der Waals surface area contributed by atoms with E-state index < -0.39 is 0 Å². The van der Waals surface area contributed by atoms with E-state index in [2.05, 4.69) is 89.3 Å². The van der Waals surface area contributed by atoms with Crippen molar-refractivity contribution in [3.05, 3.63) is 141 Å². The fourth-order valence-corrected chi connectivity index (χ4v) is 7.73. The van der Waals surface area contributed by atoms with Gasteiger partial charge in [0, 0.05) is 72.5 Å². The number of carbonyl (C=O) groups excluding carboxylic acids is 1. The second kappa shape index (κ2) is 14.4. The van der Waals surface area contributed by atoms with Gasteiger partial charge in [-0.3, -0.25) is 4.98 Å². The highest BCUT2D eigenvalue weighted by Crippen LogP contribution is 2.38. The van der Waals surface area contributed by atoms with Gasteiger partial charge in [-0.05, 0) is 91.7 Å². The van der Waals surface area contributed by atoms with E-state index in [-0.39, 0.29) is 6.09 Å². The average Bonchev–Trinajstić information content (AvgIpc) is 3.31. The maximum absolute atomic E-state index is 12.0. The maximum Gasteiger partial charge on any atom is 0.409 e. The van der Waals surface area contributed by atoms with Crippen molar-refractivity contribution in [1.82, 2.24) is 19.4 Å². The van der Waals surface area contributed by atoms with Crippen molar-refractivity contribution in [2.75, 3.05) is 33.3 Å². The number of amides is 1. The van der Waals surface area contributed by atoms with Crippen LogP contribution in [0.3, 0.4) is 0 Å². The molecule has 8 rings (SSSR count). The molecule has 2 aliphatic heterocycles. The predicted octanol–water partition coefficient (Wildman–Crippen LogP) is 8.57. The Morgan fingerprint density at radius 3 is 2.44 bits per heavy atom. The van der Waals surface area contributed by atoms with Gasteiger partial charge in [-0.15, -0.1) is 0 Å². The van der Waals surface area contributed by atoms with E-state index in [1.54, 1.807) is 4.90 Å². The smallest absolute Gasteiger partial charge is 0.409 e. The molecule has 5 aromatic rings. The number of pyridine rings is 1. The average molecular weight is 659 g/mol. The maximum atomic E-state index is 12.0. The number of piperidine rings is 1. The molecule has 4 heterocycles. The third-order valence-electron chi connectivity index (χ3n) is 9.91. The van der Waals surface area contributed by atoms with E-state index in [0.29, 0.717) is 19.7 Å². The van der Waals surface area contributed by atoms with Crippen LogP contribution >= 0.6 is 11.6 Å². The molecule has 0 unspecified atom stereocenters. The Balaban J connectivity index is 0.000000156. The number of fused-ring (bicyclic) bond motifs is 5. The standard InChI is InChI=1S/C22H23ClN2O2.C19H20N2/c1-2-27-22(26)25-12-9-15(10-13-25)20-19-8-7-18(23)14-17(19)6-5-16-4-3-11-24-21(16)20;1-20-12-11-19-17(14-20)16-9-5-6-10-18(16)21(19)13-15-7-3-2-4-8-15/h3-4,7-8,11,14H,2,5-6,9-10,12-13H2,1H3;2-10H,11-14H2,1H3. The number of nitrogens with zero attached hydrogens (tertiary/aromatic N) is 4. The molecule has 2 aromatic heterocycles. The van der Waals surface area contributed by atoms with Gasteiger partial charge in [0.15, 0.2) is 0 Å². The van der Waals surface area contributed by atoms with Crippen LogP contribution in [-0.2, 0) is 37.1 Å². The minimum Gasteiger partial charge on any atom is -0.450 e. The van der Waals surface area contributed by atoms with Crippen molar-refractivity contribution in [3.8, 4) is 0 Å². The van der Waals surface area contributed by atoms with Crippen LogP contribution in [0.4, 0.5) is 4.79 Å². The molecule has 1 amide bonds. The van der Waals surface area contributed by atoms with Gasteiger partial charge >= 0.3 is 6.09 Å². The first-order valence-electron chi connectivity index (χ1n) is 17.2. The Morgan fingerprint density at radius 2 is 1.62 bits per heavy atom. The number of likely N-dealkylation sites (N-methyl/N-ethyl adjacent to an activating group) is 1. The SMILES string of the molecule is CCOC(=O)N1CCC(=C2c3ccc(Cl)cc3CCc3cccnc32)CC1.CN1CCc2c(c3ccccc3n2Cc2ccccc2)C1. The summed E-state index contributed by atoms with van der Waals surface area (Å²) in [6.07, 6.45) is 6.40. The van der Waals surface area contributed by atoms with Gasteiger partial charge in [0.1, 0.15) is 0 Å². The molecule has 0 atom stereocenters. The summed E-state index contributed by atoms with van der Waals surface area (Å²) in [6, 6.07) is 30.0. The van der Waals surface area contributed by atoms with Crippen molar-refractivity contribution in [2.45, 2.75) is 52.1 Å². The summed E-state index contributed by atoms with van der Waals surface area (Å²) in [5, 5.41) is 2.20. The molecule has 0 spiro atoms. The van der Waals surface area contributed by atoms with Crippen LogP contribution in [0, 0.1) is 0 Å². The van der Waals surface area contributed by atoms with Crippen LogP contribution in [-0.4, -0.2) is 58.7 Å². The van der Waals surface area contributed by atoms with Crippen LogP contribution in [0.15, 0.2) is 96.7 Å². The zero-order valence-electron chi connectivity index (χ0n) is 27.9. The Hall–Kier alpha value is -4.39. The molecule has 1 saturated heterocycles. The Labute approximate surface area is 288 Å².